The van der Waals surface area contributed by atoms with Crippen LogP contribution >= 0.6 is 0 Å². The number of nitrogens with zero attached hydrogens (tertiary/aromatic N) is 1. The molecule has 0 radical (unpaired) electrons. The van der Waals surface area contributed by atoms with Crippen LogP contribution in [-0.2, 0) is 16.1 Å². The first-order valence-corrected chi connectivity index (χ1v) is 9.93. The second-order valence-electron chi connectivity index (χ2n) is 6.71. The van der Waals surface area contributed by atoms with Crippen LogP contribution in [0.5, 0.6) is 11.5 Å². The van der Waals surface area contributed by atoms with Gasteiger partial charge < -0.3 is 19.7 Å². The molecule has 0 spiro atoms. The fourth-order valence-corrected chi connectivity index (χ4v) is 2.91. The molecule has 2 aromatic carbocycles. The van der Waals surface area contributed by atoms with Crippen molar-refractivity contribution in [2.24, 2.45) is 0 Å². The summed E-state index contributed by atoms with van der Waals surface area (Å²) in [6, 6.07) is 16.5. The number of nitrogens with one attached hydrogen (secondary N) is 1. The maximum Gasteiger partial charge on any atom is 0.242 e. The zero-order valence-electron chi connectivity index (χ0n) is 17.4. The van der Waals surface area contributed by atoms with Crippen LogP contribution in [0.1, 0.15) is 32.3 Å². The number of benzene rings is 2. The molecule has 29 heavy (non-hydrogen) atoms. The molecule has 0 fully saturated rings. The summed E-state index contributed by atoms with van der Waals surface area (Å²) in [6.45, 7) is 4.99. The number of hydrogen-bond donors (Lipinski definition) is 1. The van der Waals surface area contributed by atoms with Gasteiger partial charge in [0, 0.05) is 19.5 Å². The fraction of sp³-hybridized carbons (Fsp3) is 0.391. The summed E-state index contributed by atoms with van der Waals surface area (Å²) in [7, 11) is 1.62. The monoisotopic (exact) mass is 398 g/mol. The van der Waals surface area contributed by atoms with Crippen molar-refractivity contribution in [3.8, 4) is 11.5 Å². The second kappa shape index (κ2) is 11.7. The number of ether oxygens (including phenoxy) is 2. The van der Waals surface area contributed by atoms with E-state index in [2.05, 4.69) is 5.32 Å². The van der Waals surface area contributed by atoms with Crippen LogP contribution in [0, 0.1) is 0 Å². The number of likely N-dealkylation sites (N-methyl/N-ethyl adjacent to an activating group) is 1. The standard InChI is InChI=1S/C23H30N2O4/c1-4-24-23(27)18(2)25(17-19-9-6-5-7-10-19)22(26)11-8-16-29-21-14-12-20(28-3)13-15-21/h5-7,9-10,12-15,18H,4,8,11,16-17H2,1-3H3,(H,24,27)/t18-/m1/s1. The molecule has 0 aliphatic rings. The molecular weight excluding hydrogens is 368 g/mol. The minimum Gasteiger partial charge on any atom is -0.497 e. The molecule has 6 heteroatoms. The molecule has 0 aliphatic heterocycles. The number of carbonyl (C=O) groups is 2. The summed E-state index contributed by atoms with van der Waals surface area (Å²) in [5.41, 5.74) is 0.992. The van der Waals surface area contributed by atoms with E-state index in [4.69, 9.17) is 9.47 Å². The highest BCUT2D eigenvalue weighted by Crippen LogP contribution is 2.17. The largest absolute Gasteiger partial charge is 0.497 e. The van der Waals surface area contributed by atoms with Crippen LogP contribution in [0.3, 0.4) is 0 Å². The van der Waals surface area contributed by atoms with Gasteiger partial charge in [-0.2, -0.15) is 0 Å². The van der Waals surface area contributed by atoms with Crippen LogP contribution < -0.4 is 14.8 Å². The highest BCUT2D eigenvalue weighted by molar-refractivity contribution is 5.87. The Hall–Kier alpha value is -3.02. The Morgan fingerprint density at radius 1 is 1.03 bits per heavy atom. The number of methoxy groups -OCH3 is 1. The Labute approximate surface area is 172 Å². The Bertz CT molecular complexity index is 762. The average molecular weight is 399 g/mol. The van der Waals surface area contributed by atoms with Crippen molar-refractivity contribution in [1.29, 1.82) is 0 Å². The van der Waals surface area contributed by atoms with Gasteiger partial charge in [-0.1, -0.05) is 30.3 Å². The summed E-state index contributed by atoms with van der Waals surface area (Å²) < 4.78 is 10.8. The summed E-state index contributed by atoms with van der Waals surface area (Å²) in [6.07, 6.45) is 0.880. The minimum absolute atomic E-state index is 0.0639. The van der Waals surface area contributed by atoms with Gasteiger partial charge in [-0.25, -0.2) is 0 Å². The summed E-state index contributed by atoms with van der Waals surface area (Å²) in [5.74, 6) is 1.29. The first-order chi connectivity index (χ1) is 14.0. The molecule has 0 unspecified atom stereocenters. The molecule has 2 amide bonds. The highest BCUT2D eigenvalue weighted by Gasteiger charge is 2.25. The summed E-state index contributed by atoms with van der Waals surface area (Å²) in [5, 5.41) is 2.80. The molecule has 0 saturated heterocycles. The van der Waals surface area contributed by atoms with Crippen molar-refractivity contribution in [2.45, 2.75) is 39.3 Å². The molecular formula is C23H30N2O4. The summed E-state index contributed by atoms with van der Waals surface area (Å²) in [4.78, 5) is 26.8. The predicted molar refractivity (Wildman–Crippen MR) is 113 cm³/mol. The SMILES string of the molecule is CCNC(=O)[C@@H](C)N(Cc1ccccc1)C(=O)CCCOc1ccc(OC)cc1. The van der Waals surface area contributed by atoms with Crippen molar-refractivity contribution < 1.29 is 19.1 Å². The first kappa shape index (κ1) is 22.3. The van der Waals surface area contributed by atoms with Crippen LogP contribution in [-0.4, -0.2) is 43.0 Å². The van der Waals surface area contributed by atoms with Crippen molar-refractivity contribution in [3.05, 3.63) is 60.2 Å². The van der Waals surface area contributed by atoms with E-state index in [9.17, 15) is 9.59 Å². The van der Waals surface area contributed by atoms with Gasteiger partial charge in [0.2, 0.25) is 11.8 Å². The Kier molecular flexibility index (Phi) is 9.02. The molecule has 2 aromatic rings. The quantitative estimate of drug-likeness (QED) is 0.589. The van der Waals surface area contributed by atoms with Gasteiger partial charge in [-0.05, 0) is 50.1 Å². The lowest BCUT2D eigenvalue weighted by Crippen LogP contribution is -2.47. The van der Waals surface area contributed by atoms with E-state index in [1.54, 1.807) is 18.9 Å². The third kappa shape index (κ3) is 7.14. The van der Waals surface area contributed by atoms with Gasteiger partial charge in [-0.15, -0.1) is 0 Å². The number of carbonyl (C=O) groups excluding carboxylic acids is 2. The van der Waals surface area contributed by atoms with E-state index >= 15 is 0 Å². The van der Waals surface area contributed by atoms with E-state index < -0.39 is 6.04 Å². The minimum atomic E-state index is -0.537. The molecule has 0 bridgehead atoms. The van der Waals surface area contributed by atoms with E-state index in [-0.39, 0.29) is 11.8 Å². The zero-order chi connectivity index (χ0) is 21.1. The van der Waals surface area contributed by atoms with E-state index in [0.717, 1.165) is 17.1 Å². The fourth-order valence-electron chi connectivity index (χ4n) is 2.91. The summed E-state index contributed by atoms with van der Waals surface area (Å²) >= 11 is 0. The smallest absolute Gasteiger partial charge is 0.242 e. The lowest BCUT2D eigenvalue weighted by atomic mass is 10.1. The molecule has 2 rings (SSSR count). The molecule has 1 N–H and O–H groups in total. The van der Waals surface area contributed by atoms with E-state index in [1.165, 1.54) is 0 Å². The molecule has 0 aliphatic carbocycles. The molecule has 0 saturated carbocycles. The zero-order valence-corrected chi connectivity index (χ0v) is 17.4. The van der Waals surface area contributed by atoms with Gasteiger partial charge in [0.05, 0.1) is 13.7 Å². The topological polar surface area (TPSA) is 67.9 Å². The third-order valence-electron chi connectivity index (χ3n) is 4.58. The number of hydrogen-bond acceptors (Lipinski definition) is 4. The molecule has 0 heterocycles. The van der Waals surface area contributed by atoms with Crippen LogP contribution in [0.4, 0.5) is 0 Å². The predicted octanol–water partition coefficient (Wildman–Crippen LogP) is 3.41. The Morgan fingerprint density at radius 2 is 1.69 bits per heavy atom. The van der Waals surface area contributed by atoms with Crippen molar-refractivity contribution in [3.63, 3.8) is 0 Å². The maximum atomic E-state index is 12.9. The first-order valence-electron chi connectivity index (χ1n) is 9.93. The van der Waals surface area contributed by atoms with E-state index in [0.29, 0.717) is 32.5 Å². The van der Waals surface area contributed by atoms with Crippen LogP contribution in [0.15, 0.2) is 54.6 Å². The van der Waals surface area contributed by atoms with Crippen molar-refractivity contribution >= 4 is 11.8 Å². The van der Waals surface area contributed by atoms with Gasteiger partial charge in [0.15, 0.2) is 0 Å². The number of rotatable bonds is 11. The maximum absolute atomic E-state index is 12.9. The van der Waals surface area contributed by atoms with Gasteiger partial charge in [0.25, 0.3) is 0 Å². The Balaban J connectivity index is 1.92. The van der Waals surface area contributed by atoms with E-state index in [1.807, 2.05) is 61.5 Å². The second-order valence-corrected chi connectivity index (χ2v) is 6.71. The molecule has 6 nitrogen and oxygen atoms in total. The molecule has 0 aromatic heterocycles. The highest BCUT2D eigenvalue weighted by atomic mass is 16.5. The van der Waals surface area contributed by atoms with Crippen molar-refractivity contribution in [1.82, 2.24) is 10.2 Å². The lowest BCUT2D eigenvalue weighted by molar-refractivity contribution is -0.140. The van der Waals surface area contributed by atoms with Crippen molar-refractivity contribution in [2.75, 3.05) is 20.3 Å². The molecule has 1 atom stereocenters. The number of amides is 2. The Morgan fingerprint density at radius 3 is 2.31 bits per heavy atom. The molecule has 156 valence electrons. The third-order valence-corrected chi connectivity index (χ3v) is 4.58. The van der Waals surface area contributed by atoms with Gasteiger partial charge >= 0.3 is 0 Å². The van der Waals surface area contributed by atoms with Gasteiger partial charge in [0.1, 0.15) is 17.5 Å². The normalized spacial score (nSPS) is 11.4. The van der Waals surface area contributed by atoms with Crippen LogP contribution in [0.25, 0.3) is 0 Å². The average Bonchev–Trinajstić information content (AvgIpc) is 2.75. The van der Waals surface area contributed by atoms with Gasteiger partial charge in [-0.3, -0.25) is 9.59 Å². The van der Waals surface area contributed by atoms with Crippen LogP contribution in [0.2, 0.25) is 0 Å². The lowest BCUT2D eigenvalue weighted by Gasteiger charge is -2.28.